The van der Waals surface area contributed by atoms with Gasteiger partial charge in [-0.2, -0.15) is 0 Å². The van der Waals surface area contributed by atoms with Crippen LogP contribution in [0.1, 0.15) is 23.6 Å². The molecule has 2 aromatic rings. The van der Waals surface area contributed by atoms with Crippen molar-refractivity contribution in [1.82, 2.24) is 5.32 Å². The number of hydrogen-bond acceptors (Lipinski definition) is 5. The summed E-state index contributed by atoms with van der Waals surface area (Å²) in [5.74, 6) is -0.882. The van der Waals surface area contributed by atoms with Crippen LogP contribution in [0.3, 0.4) is 0 Å². The highest BCUT2D eigenvalue weighted by Gasteiger charge is 2.17. The SMILES string of the molecule is COc1ccc(/C=C/C(=O)N[C@@H](C)C(=O)OCC(=O)Nc2cc(C)cc(C)c2)cc1. The first-order chi connectivity index (χ1) is 14.3. The van der Waals surface area contributed by atoms with Crippen molar-refractivity contribution in [2.45, 2.75) is 26.8 Å². The molecule has 0 aromatic heterocycles. The minimum absolute atomic E-state index is 0.437. The number of carbonyl (C=O) groups is 3. The summed E-state index contributed by atoms with van der Waals surface area (Å²) in [7, 11) is 1.58. The van der Waals surface area contributed by atoms with Gasteiger partial charge in [0.25, 0.3) is 5.91 Å². The van der Waals surface area contributed by atoms with Gasteiger partial charge in [0.1, 0.15) is 11.8 Å². The molecule has 0 radical (unpaired) electrons. The van der Waals surface area contributed by atoms with Crippen LogP contribution in [0.5, 0.6) is 5.75 Å². The molecule has 2 amide bonds. The number of benzene rings is 2. The largest absolute Gasteiger partial charge is 0.497 e. The Morgan fingerprint density at radius 1 is 1.03 bits per heavy atom. The van der Waals surface area contributed by atoms with Crippen molar-refractivity contribution >= 4 is 29.5 Å². The van der Waals surface area contributed by atoms with Crippen molar-refractivity contribution < 1.29 is 23.9 Å². The van der Waals surface area contributed by atoms with E-state index in [1.54, 1.807) is 37.5 Å². The van der Waals surface area contributed by atoms with Gasteiger partial charge in [-0.05, 0) is 67.8 Å². The van der Waals surface area contributed by atoms with E-state index >= 15 is 0 Å². The van der Waals surface area contributed by atoms with Crippen LogP contribution in [0.2, 0.25) is 0 Å². The molecular formula is C23H26N2O5. The molecule has 0 aliphatic carbocycles. The number of nitrogens with one attached hydrogen (secondary N) is 2. The monoisotopic (exact) mass is 410 g/mol. The van der Waals surface area contributed by atoms with E-state index in [1.165, 1.54) is 13.0 Å². The van der Waals surface area contributed by atoms with Gasteiger partial charge in [-0.1, -0.05) is 18.2 Å². The van der Waals surface area contributed by atoms with Gasteiger partial charge < -0.3 is 20.1 Å². The fourth-order valence-corrected chi connectivity index (χ4v) is 2.71. The molecule has 2 rings (SSSR count). The van der Waals surface area contributed by atoms with Crippen LogP contribution < -0.4 is 15.4 Å². The van der Waals surface area contributed by atoms with Crippen LogP contribution in [0, 0.1) is 13.8 Å². The number of esters is 1. The van der Waals surface area contributed by atoms with E-state index in [9.17, 15) is 14.4 Å². The molecule has 0 heterocycles. The summed E-state index contributed by atoms with van der Waals surface area (Å²) in [6.07, 6.45) is 2.93. The average Bonchev–Trinajstić information content (AvgIpc) is 2.70. The second-order valence-corrected chi connectivity index (χ2v) is 6.87. The normalized spacial score (nSPS) is 11.6. The number of carbonyl (C=O) groups excluding carboxylic acids is 3. The molecule has 1 atom stereocenters. The lowest BCUT2D eigenvalue weighted by molar-refractivity contribution is -0.149. The zero-order chi connectivity index (χ0) is 22.1. The molecule has 7 nitrogen and oxygen atoms in total. The van der Waals surface area contributed by atoms with E-state index in [2.05, 4.69) is 10.6 Å². The molecule has 2 N–H and O–H groups in total. The minimum Gasteiger partial charge on any atom is -0.497 e. The van der Waals surface area contributed by atoms with Crippen LogP contribution in [-0.4, -0.2) is 37.5 Å². The number of hydrogen-bond donors (Lipinski definition) is 2. The second-order valence-electron chi connectivity index (χ2n) is 6.87. The summed E-state index contributed by atoms with van der Waals surface area (Å²) >= 11 is 0. The third kappa shape index (κ3) is 7.43. The lowest BCUT2D eigenvalue weighted by Gasteiger charge is -2.12. The van der Waals surface area contributed by atoms with E-state index in [4.69, 9.17) is 9.47 Å². The standard InChI is InChI=1S/C23H26N2O5/c1-15-11-16(2)13-19(12-15)25-22(27)14-30-23(28)17(3)24-21(26)10-7-18-5-8-20(29-4)9-6-18/h5-13,17H,14H2,1-4H3,(H,24,26)(H,25,27)/b10-7+/t17-/m0/s1. The Labute approximate surface area is 176 Å². The van der Waals surface area contributed by atoms with E-state index in [0.717, 1.165) is 22.4 Å². The summed E-state index contributed by atoms with van der Waals surface area (Å²) < 4.78 is 10.1. The Morgan fingerprint density at radius 3 is 2.27 bits per heavy atom. The first-order valence-electron chi connectivity index (χ1n) is 9.44. The molecule has 0 aliphatic rings. The summed E-state index contributed by atoms with van der Waals surface area (Å²) in [5.41, 5.74) is 3.48. The zero-order valence-corrected chi connectivity index (χ0v) is 17.5. The predicted molar refractivity (Wildman–Crippen MR) is 115 cm³/mol. The first-order valence-corrected chi connectivity index (χ1v) is 9.44. The quantitative estimate of drug-likeness (QED) is 0.515. The highest BCUT2D eigenvalue weighted by atomic mass is 16.5. The van der Waals surface area contributed by atoms with E-state index in [-0.39, 0.29) is 0 Å². The molecule has 0 unspecified atom stereocenters. The lowest BCUT2D eigenvalue weighted by Crippen LogP contribution is -2.39. The highest BCUT2D eigenvalue weighted by molar-refractivity contribution is 5.96. The molecule has 0 aliphatic heterocycles. The molecule has 158 valence electrons. The van der Waals surface area contributed by atoms with Crippen LogP contribution in [0.4, 0.5) is 5.69 Å². The van der Waals surface area contributed by atoms with E-state index < -0.39 is 30.4 Å². The Hall–Kier alpha value is -3.61. The zero-order valence-electron chi connectivity index (χ0n) is 17.5. The van der Waals surface area contributed by atoms with Crippen molar-refractivity contribution in [3.63, 3.8) is 0 Å². The molecule has 0 saturated heterocycles. The second kappa shape index (κ2) is 10.8. The Kier molecular flexibility index (Phi) is 8.17. The number of amides is 2. The summed E-state index contributed by atoms with van der Waals surface area (Å²) in [4.78, 5) is 36.0. The number of ether oxygens (including phenoxy) is 2. The highest BCUT2D eigenvalue weighted by Crippen LogP contribution is 2.14. The summed E-state index contributed by atoms with van der Waals surface area (Å²) in [6.45, 7) is 4.91. The number of methoxy groups -OCH3 is 1. The number of aryl methyl sites for hydroxylation is 2. The molecule has 7 heteroatoms. The Morgan fingerprint density at radius 2 is 1.67 bits per heavy atom. The Balaban J connectivity index is 1.78. The average molecular weight is 410 g/mol. The Bertz CT molecular complexity index is 915. The van der Waals surface area contributed by atoms with Crippen LogP contribution in [-0.2, 0) is 19.1 Å². The maximum Gasteiger partial charge on any atom is 0.328 e. The van der Waals surface area contributed by atoms with Crippen LogP contribution in [0.15, 0.2) is 48.5 Å². The van der Waals surface area contributed by atoms with Crippen molar-refractivity contribution in [1.29, 1.82) is 0 Å². The van der Waals surface area contributed by atoms with Gasteiger partial charge in [0.2, 0.25) is 5.91 Å². The van der Waals surface area contributed by atoms with Crippen LogP contribution >= 0.6 is 0 Å². The summed E-state index contributed by atoms with van der Waals surface area (Å²) in [5, 5.41) is 5.19. The van der Waals surface area contributed by atoms with Crippen molar-refractivity contribution in [2.24, 2.45) is 0 Å². The maximum absolute atomic E-state index is 12.0. The van der Waals surface area contributed by atoms with Gasteiger partial charge in [-0.25, -0.2) is 4.79 Å². The van der Waals surface area contributed by atoms with Gasteiger partial charge in [0, 0.05) is 11.8 Å². The van der Waals surface area contributed by atoms with E-state index in [0.29, 0.717) is 5.69 Å². The third-order valence-corrected chi connectivity index (χ3v) is 4.11. The fourth-order valence-electron chi connectivity index (χ4n) is 2.71. The molecule has 30 heavy (non-hydrogen) atoms. The predicted octanol–water partition coefficient (Wildman–Crippen LogP) is 3.01. The maximum atomic E-state index is 12.0. The third-order valence-electron chi connectivity index (χ3n) is 4.11. The van der Waals surface area contributed by atoms with Gasteiger partial charge in [0.05, 0.1) is 7.11 Å². The van der Waals surface area contributed by atoms with Crippen molar-refractivity contribution in [3.8, 4) is 5.75 Å². The molecule has 0 saturated carbocycles. The molecular weight excluding hydrogens is 384 g/mol. The fraction of sp³-hybridized carbons (Fsp3) is 0.261. The molecule has 2 aromatic carbocycles. The van der Waals surface area contributed by atoms with Crippen molar-refractivity contribution in [3.05, 3.63) is 65.2 Å². The first kappa shape index (κ1) is 22.7. The smallest absolute Gasteiger partial charge is 0.328 e. The van der Waals surface area contributed by atoms with Gasteiger partial charge in [-0.3, -0.25) is 9.59 Å². The van der Waals surface area contributed by atoms with Gasteiger partial charge in [0.15, 0.2) is 6.61 Å². The lowest BCUT2D eigenvalue weighted by atomic mass is 10.1. The topological polar surface area (TPSA) is 93.7 Å². The number of anilines is 1. The van der Waals surface area contributed by atoms with E-state index in [1.807, 2.05) is 32.0 Å². The van der Waals surface area contributed by atoms with Crippen LogP contribution in [0.25, 0.3) is 6.08 Å². The number of rotatable bonds is 8. The molecule has 0 spiro atoms. The summed E-state index contributed by atoms with van der Waals surface area (Å²) in [6, 6.07) is 11.9. The minimum atomic E-state index is -0.896. The van der Waals surface area contributed by atoms with Gasteiger partial charge in [-0.15, -0.1) is 0 Å². The molecule has 0 bridgehead atoms. The molecule has 0 fully saturated rings. The van der Waals surface area contributed by atoms with Gasteiger partial charge >= 0.3 is 5.97 Å². The van der Waals surface area contributed by atoms with Crippen molar-refractivity contribution in [2.75, 3.05) is 19.0 Å².